The van der Waals surface area contributed by atoms with E-state index in [1.807, 2.05) is 6.07 Å². The van der Waals surface area contributed by atoms with Gasteiger partial charge in [-0.05, 0) is 58.7 Å². The maximum Gasteiger partial charge on any atom is 0.126 e. The summed E-state index contributed by atoms with van der Waals surface area (Å²) in [6.45, 7) is 10.7. The van der Waals surface area contributed by atoms with Gasteiger partial charge in [-0.15, -0.1) is 0 Å². The fraction of sp³-hybridized carbons (Fsp3) is 0.368. The van der Waals surface area contributed by atoms with Crippen molar-refractivity contribution in [2.45, 2.75) is 46.5 Å². The van der Waals surface area contributed by atoms with Crippen LogP contribution in [0.25, 0.3) is 11.1 Å². The number of aryl methyl sites for hydroxylation is 1. The van der Waals surface area contributed by atoms with Gasteiger partial charge in [-0.1, -0.05) is 39.8 Å². The number of hydrogen-bond acceptors (Lipinski definition) is 0. The summed E-state index contributed by atoms with van der Waals surface area (Å²) < 4.78 is 26.9. The van der Waals surface area contributed by atoms with Gasteiger partial charge in [-0.2, -0.15) is 0 Å². The van der Waals surface area contributed by atoms with E-state index < -0.39 is 11.6 Å². The predicted octanol–water partition coefficient (Wildman–Crippen LogP) is 6.19. The average Bonchev–Trinajstić information content (AvgIpc) is 2.35. The zero-order chi connectivity index (χ0) is 15.7. The summed E-state index contributed by atoms with van der Waals surface area (Å²) in [4.78, 5) is 0. The summed E-state index contributed by atoms with van der Waals surface area (Å²) in [5.41, 5.74) is 5.23. The fourth-order valence-corrected chi connectivity index (χ4v) is 2.98. The predicted molar refractivity (Wildman–Crippen MR) is 84.7 cm³/mol. The van der Waals surface area contributed by atoms with Crippen LogP contribution in [0.2, 0.25) is 0 Å². The van der Waals surface area contributed by atoms with Gasteiger partial charge in [0.05, 0.1) is 0 Å². The Hall–Kier alpha value is -1.70. The maximum absolute atomic E-state index is 13.4. The van der Waals surface area contributed by atoms with E-state index in [1.165, 1.54) is 28.8 Å². The van der Waals surface area contributed by atoms with E-state index >= 15 is 0 Å². The molecular weight excluding hydrogens is 266 g/mol. The lowest BCUT2D eigenvalue weighted by Gasteiger charge is -2.20. The van der Waals surface area contributed by atoms with E-state index in [0.29, 0.717) is 17.4 Å². The summed E-state index contributed by atoms with van der Waals surface area (Å²) in [7, 11) is 0. The first kappa shape index (κ1) is 15.7. The van der Waals surface area contributed by atoms with Gasteiger partial charge in [-0.25, -0.2) is 8.78 Å². The number of hydrogen-bond donors (Lipinski definition) is 0. The first-order valence-electron chi connectivity index (χ1n) is 7.40. The quantitative estimate of drug-likeness (QED) is 0.632. The normalized spacial score (nSPS) is 11.5. The van der Waals surface area contributed by atoms with Crippen LogP contribution >= 0.6 is 0 Å². The van der Waals surface area contributed by atoms with Crippen LogP contribution in [0.15, 0.2) is 30.3 Å². The van der Waals surface area contributed by atoms with Crippen molar-refractivity contribution in [2.24, 2.45) is 0 Å². The molecule has 0 N–H and O–H groups in total. The minimum atomic E-state index is -0.540. The average molecular weight is 288 g/mol. The molecule has 0 unspecified atom stereocenters. The molecule has 0 radical (unpaired) electrons. The minimum absolute atomic E-state index is 0.374. The van der Waals surface area contributed by atoms with Gasteiger partial charge < -0.3 is 0 Å². The number of halogens is 2. The van der Waals surface area contributed by atoms with Crippen LogP contribution in [0, 0.1) is 18.6 Å². The minimum Gasteiger partial charge on any atom is -0.207 e. The molecule has 0 aliphatic heterocycles. The van der Waals surface area contributed by atoms with E-state index in [-0.39, 0.29) is 0 Å². The Kier molecular flexibility index (Phi) is 4.46. The van der Waals surface area contributed by atoms with Crippen LogP contribution in [0.4, 0.5) is 8.78 Å². The highest BCUT2D eigenvalue weighted by molar-refractivity contribution is 5.67. The van der Waals surface area contributed by atoms with Gasteiger partial charge >= 0.3 is 0 Å². The van der Waals surface area contributed by atoms with Crippen LogP contribution in [-0.4, -0.2) is 0 Å². The van der Waals surface area contributed by atoms with Crippen LogP contribution in [0.5, 0.6) is 0 Å². The zero-order valence-electron chi connectivity index (χ0n) is 13.3. The molecule has 112 valence electrons. The van der Waals surface area contributed by atoms with Gasteiger partial charge in [-0.3, -0.25) is 0 Å². The first-order valence-corrected chi connectivity index (χ1v) is 7.40. The third-order valence-corrected chi connectivity index (χ3v) is 3.81. The van der Waals surface area contributed by atoms with Crippen LogP contribution in [0.1, 0.15) is 56.2 Å². The Bertz CT molecular complexity index is 635. The van der Waals surface area contributed by atoms with Crippen molar-refractivity contribution in [1.29, 1.82) is 0 Å². The summed E-state index contributed by atoms with van der Waals surface area (Å²) >= 11 is 0. The lowest BCUT2D eigenvalue weighted by molar-refractivity contribution is 0.584. The van der Waals surface area contributed by atoms with Gasteiger partial charge in [0.1, 0.15) is 11.6 Å². The Labute approximate surface area is 125 Å². The van der Waals surface area contributed by atoms with Crippen molar-refractivity contribution in [3.05, 3.63) is 58.7 Å². The van der Waals surface area contributed by atoms with E-state index in [2.05, 4.69) is 40.7 Å². The molecule has 2 aromatic rings. The second-order valence-corrected chi connectivity index (χ2v) is 6.26. The van der Waals surface area contributed by atoms with Crippen LogP contribution in [0.3, 0.4) is 0 Å². The van der Waals surface area contributed by atoms with E-state index in [9.17, 15) is 8.78 Å². The molecule has 0 aromatic heterocycles. The van der Waals surface area contributed by atoms with Gasteiger partial charge in [0.25, 0.3) is 0 Å². The van der Waals surface area contributed by atoms with Gasteiger partial charge in [0.15, 0.2) is 0 Å². The molecule has 0 aliphatic rings. The highest BCUT2D eigenvalue weighted by Crippen LogP contribution is 2.34. The zero-order valence-corrected chi connectivity index (χ0v) is 13.3. The largest absolute Gasteiger partial charge is 0.207 e. The topological polar surface area (TPSA) is 0 Å². The SMILES string of the molecule is Cc1cc(-c2cc(F)cc(F)c2)cc(C(C)C)c1C(C)C. The molecule has 0 fully saturated rings. The molecule has 0 bridgehead atoms. The molecule has 0 aliphatic carbocycles. The molecule has 2 heteroatoms. The van der Waals surface area contributed by atoms with Gasteiger partial charge in [0.2, 0.25) is 0 Å². The van der Waals surface area contributed by atoms with Crippen LogP contribution in [-0.2, 0) is 0 Å². The molecule has 0 amide bonds. The smallest absolute Gasteiger partial charge is 0.126 e. The molecule has 0 nitrogen and oxygen atoms in total. The van der Waals surface area contributed by atoms with Gasteiger partial charge in [0, 0.05) is 6.07 Å². The third kappa shape index (κ3) is 3.31. The summed E-state index contributed by atoms with van der Waals surface area (Å²) in [5.74, 6) is -0.275. The monoisotopic (exact) mass is 288 g/mol. The fourth-order valence-electron chi connectivity index (χ4n) is 2.98. The molecule has 2 aromatic carbocycles. The molecule has 0 atom stereocenters. The number of rotatable bonds is 3. The highest BCUT2D eigenvalue weighted by atomic mass is 19.1. The van der Waals surface area contributed by atoms with E-state index in [0.717, 1.165) is 11.6 Å². The molecule has 0 saturated heterocycles. The van der Waals surface area contributed by atoms with Crippen molar-refractivity contribution in [3.8, 4) is 11.1 Å². The van der Waals surface area contributed by atoms with Crippen molar-refractivity contribution in [3.63, 3.8) is 0 Å². The highest BCUT2D eigenvalue weighted by Gasteiger charge is 2.15. The molecule has 0 heterocycles. The van der Waals surface area contributed by atoms with E-state index in [1.54, 1.807) is 0 Å². The molecule has 0 spiro atoms. The van der Waals surface area contributed by atoms with Crippen molar-refractivity contribution in [2.75, 3.05) is 0 Å². The Morgan fingerprint density at radius 1 is 0.714 bits per heavy atom. The summed E-state index contributed by atoms with van der Waals surface area (Å²) in [6.07, 6.45) is 0. The molecule has 0 saturated carbocycles. The summed E-state index contributed by atoms with van der Waals surface area (Å²) in [6, 6.07) is 7.77. The lowest BCUT2D eigenvalue weighted by Crippen LogP contribution is -2.02. The third-order valence-electron chi connectivity index (χ3n) is 3.81. The van der Waals surface area contributed by atoms with Crippen molar-refractivity contribution >= 4 is 0 Å². The molecular formula is C19H22F2. The van der Waals surface area contributed by atoms with Crippen molar-refractivity contribution in [1.82, 2.24) is 0 Å². The number of benzene rings is 2. The standard InChI is InChI=1S/C19H22F2/c1-11(2)18-9-14(6-13(5)19(18)12(3)4)15-7-16(20)10-17(21)8-15/h6-12H,1-5H3. The second-order valence-electron chi connectivity index (χ2n) is 6.26. The second kappa shape index (κ2) is 5.97. The Morgan fingerprint density at radius 3 is 1.71 bits per heavy atom. The maximum atomic E-state index is 13.4. The Balaban J connectivity index is 2.66. The van der Waals surface area contributed by atoms with Crippen LogP contribution < -0.4 is 0 Å². The molecule has 2 rings (SSSR count). The summed E-state index contributed by atoms with van der Waals surface area (Å²) in [5, 5.41) is 0. The Morgan fingerprint density at radius 2 is 1.24 bits per heavy atom. The first-order chi connectivity index (χ1) is 9.79. The van der Waals surface area contributed by atoms with E-state index in [4.69, 9.17) is 0 Å². The molecule has 21 heavy (non-hydrogen) atoms. The lowest BCUT2D eigenvalue weighted by atomic mass is 9.84. The van der Waals surface area contributed by atoms with Crippen molar-refractivity contribution < 1.29 is 8.78 Å².